The van der Waals surface area contributed by atoms with Crippen LogP contribution in [-0.4, -0.2) is 35.5 Å². The van der Waals surface area contributed by atoms with Crippen LogP contribution >= 0.6 is 0 Å². The van der Waals surface area contributed by atoms with E-state index in [2.05, 4.69) is 7.64 Å². The minimum atomic E-state index is -5.49. The van der Waals surface area contributed by atoms with Gasteiger partial charge in [-0.3, -0.25) is 0 Å². The summed E-state index contributed by atoms with van der Waals surface area (Å²) in [6.07, 6.45) is -11.0. The van der Waals surface area contributed by atoms with E-state index in [1.165, 1.54) is 24.3 Å². The first-order valence-electron chi connectivity index (χ1n) is 9.26. The minimum absolute atomic E-state index is 0.347. The predicted molar refractivity (Wildman–Crippen MR) is 98.5 cm³/mol. The number of allylic oxidation sites excluding steroid dienone is 4. The van der Waals surface area contributed by atoms with Gasteiger partial charge in [0.1, 0.15) is 0 Å². The monoisotopic (exact) mass is 545 g/mol. The van der Waals surface area contributed by atoms with E-state index in [0.717, 1.165) is 24.3 Å². The summed E-state index contributed by atoms with van der Waals surface area (Å²) < 4.78 is 90.1. The zero-order valence-electron chi connectivity index (χ0n) is 16.6. The zero-order chi connectivity index (χ0) is 25.7. The number of hydrogen-bond donors (Lipinski definition) is 0. The van der Waals surface area contributed by atoms with E-state index in [4.69, 9.17) is 0 Å². The van der Waals surface area contributed by atoms with Crippen molar-refractivity contribution in [2.75, 3.05) is 0 Å². The predicted octanol–water partition coefficient (Wildman–Crippen LogP) is 4.72. The second-order valence-electron chi connectivity index (χ2n) is 6.98. The van der Waals surface area contributed by atoms with E-state index in [0.29, 0.717) is 0 Å². The summed E-state index contributed by atoms with van der Waals surface area (Å²) in [5, 5.41) is 0. The number of alkyl halides is 6. The number of ketones is 4. The van der Waals surface area contributed by atoms with Crippen LogP contribution in [0.25, 0.3) is 0 Å². The third kappa shape index (κ3) is 4.17. The van der Waals surface area contributed by atoms with E-state index in [-0.39, 0.29) is 22.3 Å². The van der Waals surface area contributed by atoms with Crippen LogP contribution < -0.4 is 0 Å². The van der Waals surface area contributed by atoms with Gasteiger partial charge in [0.05, 0.1) is 0 Å². The molecule has 0 saturated heterocycles. The van der Waals surface area contributed by atoms with Crippen molar-refractivity contribution in [3.05, 3.63) is 93.4 Å². The number of halogens is 6. The van der Waals surface area contributed by atoms with Crippen LogP contribution in [-0.2, 0) is 23.3 Å². The van der Waals surface area contributed by atoms with Crippen molar-refractivity contribution in [1.29, 1.82) is 0 Å². The Morgan fingerprint density at radius 2 is 0.800 bits per heavy atom. The average Bonchev–Trinajstić information content (AvgIpc) is 3.18. The summed E-state index contributed by atoms with van der Waals surface area (Å²) in [4.78, 5) is 49.5. The third-order valence-corrected chi connectivity index (χ3v) is 5.42. The molecule has 0 amide bonds. The van der Waals surface area contributed by atoms with Crippen LogP contribution in [0.15, 0.2) is 71.2 Å². The Morgan fingerprint density at radius 1 is 0.543 bits per heavy atom. The van der Waals surface area contributed by atoms with Crippen LogP contribution in [0, 0.1) is 0 Å². The Balaban J connectivity index is 1.69. The fourth-order valence-corrected chi connectivity index (χ4v) is 4.00. The molecule has 35 heavy (non-hydrogen) atoms. The normalized spacial score (nSPS) is 15.5. The Bertz CT molecular complexity index is 1190. The van der Waals surface area contributed by atoms with Gasteiger partial charge in [0.25, 0.3) is 0 Å². The fourth-order valence-electron chi connectivity index (χ4n) is 3.39. The molecule has 13 heteroatoms. The topological polar surface area (TPSA) is 86.7 Å². The van der Waals surface area contributed by atoms with Crippen LogP contribution in [0.1, 0.15) is 41.4 Å². The molecule has 0 unspecified atom stereocenters. The molecule has 6 nitrogen and oxygen atoms in total. The standard InChI is InChI=1S/2C11H5F3O3.Cu/c2*12-11(13,14)10(17)7-8(15)5-3-1-2-4-6(5)9(7)16;/h2*1-4,17H;/q;;+2/p-2. The second kappa shape index (κ2) is 8.51. The summed E-state index contributed by atoms with van der Waals surface area (Å²) >= 11 is -0.788. The molecule has 0 aromatic heterocycles. The number of benzene rings is 2. The molecule has 0 saturated carbocycles. The number of carbonyl (C=O) groups excluding carboxylic acids is 4. The van der Waals surface area contributed by atoms with E-state index < -0.39 is 73.8 Å². The molecule has 2 aromatic rings. The number of hydrogen-bond acceptors (Lipinski definition) is 6. The van der Waals surface area contributed by atoms with Crippen molar-refractivity contribution in [3.8, 4) is 0 Å². The summed E-state index contributed by atoms with van der Waals surface area (Å²) in [6.45, 7) is 0. The van der Waals surface area contributed by atoms with Crippen LogP contribution in [0.2, 0.25) is 0 Å². The van der Waals surface area contributed by atoms with Crippen LogP contribution in [0.4, 0.5) is 26.3 Å². The number of carbonyl (C=O) groups is 4. The Labute approximate surface area is 198 Å². The number of Topliss-reactive ketones (excluding diaryl/α,β-unsaturated/α-hetero) is 4. The molecule has 0 heterocycles. The molecule has 4 rings (SSSR count). The van der Waals surface area contributed by atoms with Crippen molar-refractivity contribution in [2.45, 2.75) is 12.4 Å². The molecule has 0 fully saturated rings. The maximum absolute atomic E-state index is 13.6. The van der Waals surface area contributed by atoms with Gasteiger partial charge < -0.3 is 0 Å². The van der Waals surface area contributed by atoms with Crippen molar-refractivity contribution in [3.63, 3.8) is 0 Å². The molecule has 0 bridgehead atoms. The van der Waals surface area contributed by atoms with Gasteiger partial charge >= 0.3 is 198 Å². The van der Waals surface area contributed by atoms with Crippen molar-refractivity contribution >= 4 is 23.1 Å². The first-order valence-corrected chi connectivity index (χ1v) is 10.0. The Hall–Kier alpha value is -3.70. The second-order valence-corrected chi connectivity index (χ2v) is 7.53. The molecule has 2 aliphatic rings. The van der Waals surface area contributed by atoms with Gasteiger partial charge in [0.15, 0.2) is 0 Å². The van der Waals surface area contributed by atoms with Crippen molar-refractivity contribution in [1.82, 2.24) is 0 Å². The molecule has 0 aliphatic heterocycles. The van der Waals surface area contributed by atoms with Gasteiger partial charge in [-0.2, -0.15) is 0 Å². The van der Waals surface area contributed by atoms with Gasteiger partial charge in [-0.15, -0.1) is 0 Å². The number of rotatable bonds is 4. The van der Waals surface area contributed by atoms with E-state index in [1.807, 2.05) is 0 Å². The SMILES string of the molecule is O=C1C(=C([O][Cu][O]C(=C2C(=O)c3ccccc3C2=O)C(F)(F)F)C(F)(F)F)C(=O)c2ccccc21. The fraction of sp³-hybridized carbons (Fsp3) is 0.0909. The molecular weight excluding hydrogens is 538 g/mol. The molecule has 2 aromatic carbocycles. The van der Waals surface area contributed by atoms with Crippen molar-refractivity contribution < 1.29 is 68.8 Å². The summed E-state index contributed by atoms with van der Waals surface area (Å²) in [5.41, 5.74) is -4.29. The van der Waals surface area contributed by atoms with Crippen molar-refractivity contribution in [2.24, 2.45) is 0 Å². The molecule has 2 aliphatic carbocycles. The van der Waals surface area contributed by atoms with E-state index in [9.17, 15) is 45.5 Å². The zero-order valence-corrected chi connectivity index (χ0v) is 17.6. The van der Waals surface area contributed by atoms with E-state index in [1.54, 1.807) is 0 Å². The third-order valence-electron chi connectivity index (χ3n) is 4.88. The van der Waals surface area contributed by atoms with Crippen LogP contribution in [0.5, 0.6) is 0 Å². The van der Waals surface area contributed by atoms with Gasteiger partial charge in [0.2, 0.25) is 0 Å². The van der Waals surface area contributed by atoms with Gasteiger partial charge in [-0.25, -0.2) is 0 Å². The van der Waals surface area contributed by atoms with Crippen LogP contribution in [0.3, 0.4) is 0 Å². The molecular formula is C22H8CuF6O6. The molecule has 0 spiro atoms. The summed E-state index contributed by atoms with van der Waals surface area (Å²) in [7, 11) is 0. The quantitative estimate of drug-likeness (QED) is 0.182. The van der Waals surface area contributed by atoms with Gasteiger partial charge in [0, 0.05) is 0 Å². The summed E-state index contributed by atoms with van der Waals surface area (Å²) in [6, 6.07) is 9.59. The average molecular weight is 546 g/mol. The molecule has 0 radical (unpaired) electrons. The van der Waals surface area contributed by atoms with Gasteiger partial charge in [-0.1, -0.05) is 0 Å². The Morgan fingerprint density at radius 3 is 1.03 bits per heavy atom. The molecule has 0 N–H and O–H groups in total. The first-order chi connectivity index (χ1) is 16.3. The van der Waals surface area contributed by atoms with E-state index >= 15 is 0 Å². The maximum atomic E-state index is 13.6. The molecule has 0 atom stereocenters. The number of fused-ring (bicyclic) bond motifs is 2. The Kier molecular flexibility index (Phi) is 5.94. The summed E-state index contributed by atoms with van der Waals surface area (Å²) in [5.74, 6) is -9.79. The molecule has 185 valence electrons. The van der Waals surface area contributed by atoms with Gasteiger partial charge in [-0.05, 0) is 0 Å². The first kappa shape index (κ1) is 24.4.